The number of carboxylic acid groups (broad SMARTS) is 1. The van der Waals surface area contributed by atoms with E-state index in [0.29, 0.717) is 31.2 Å². The zero-order valence-electron chi connectivity index (χ0n) is 36.5. The lowest BCUT2D eigenvalue weighted by Crippen LogP contribution is -2.57. The molecule has 0 radical (unpaired) electrons. The van der Waals surface area contributed by atoms with Crippen LogP contribution in [0.3, 0.4) is 0 Å². The minimum Gasteiger partial charge on any atom is -0.480 e. The van der Waals surface area contributed by atoms with E-state index in [4.69, 9.17) is 22.9 Å². The molecule has 0 bridgehead atoms. The van der Waals surface area contributed by atoms with E-state index in [1.165, 1.54) is 0 Å². The molecule has 352 valence electrons. The number of hydrogen-bond donors (Lipinski definition) is 12. The van der Waals surface area contributed by atoms with Gasteiger partial charge in [-0.3, -0.25) is 43.2 Å². The maximum Gasteiger partial charge on any atom is 0.326 e. The molecular formula is C41H67N11O11. The first kappa shape index (κ1) is 54.9. The first-order valence-corrected chi connectivity index (χ1v) is 21.1. The summed E-state index contributed by atoms with van der Waals surface area (Å²) in [7, 11) is 0. The third-order valence-electron chi connectivity index (χ3n) is 10.3. The molecule has 0 aliphatic carbocycles. The number of rotatable bonds is 31. The fourth-order valence-corrected chi connectivity index (χ4v) is 5.99. The molecule has 63 heavy (non-hydrogen) atoms. The van der Waals surface area contributed by atoms with Crippen molar-refractivity contribution in [3.63, 3.8) is 0 Å². The van der Waals surface area contributed by atoms with Gasteiger partial charge in [-0.25, -0.2) is 4.79 Å². The van der Waals surface area contributed by atoms with Crippen molar-refractivity contribution in [1.29, 1.82) is 0 Å². The fraction of sp³-hybridized carbons (Fsp3) is 0.610. The number of benzene rings is 1. The Morgan fingerprint density at radius 3 is 1.56 bits per heavy atom. The van der Waals surface area contributed by atoms with Gasteiger partial charge in [-0.1, -0.05) is 70.9 Å². The van der Waals surface area contributed by atoms with Gasteiger partial charge in [0.15, 0.2) is 0 Å². The van der Waals surface area contributed by atoms with Crippen LogP contribution in [0.2, 0.25) is 0 Å². The highest BCUT2D eigenvalue weighted by Gasteiger charge is 2.32. The zero-order valence-corrected chi connectivity index (χ0v) is 36.5. The number of aliphatic carboxylic acids is 1. The number of primary amides is 2. The second-order valence-corrected chi connectivity index (χ2v) is 15.4. The second kappa shape index (κ2) is 29.2. The average molecular weight is 890 g/mol. The highest BCUT2D eigenvalue weighted by atomic mass is 16.4. The van der Waals surface area contributed by atoms with Crippen LogP contribution >= 0.6 is 0 Å². The van der Waals surface area contributed by atoms with E-state index < -0.39 is 114 Å². The van der Waals surface area contributed by atoms with Crippen molar-refractivity contribution in [3.8, 4) is 0 Å². The predicted octanol–water partition coefficient (Wildman–Crippen LogP) is -2.95. The van der Waals surface area contributed by atoms with Crippen LogP contribution < -0.4 is 60.2 Å². The van der Waals surface area contributed by atoms with E-state index in [-0.39, 0.29) is 51.0 Å². The minimum atomic E-state index is -1.45. The number of carbonyl (C=O) groups is 10. The monoisotopic (exact) mass is 890 g/mol. The first-order chi connectivity index (χ1) is 29.7. The molecule has 0 heterocycles. The summed E-state index contributed by atoms with van der Waals surface area (Å²) in [5.74, 6) is -9.14. The van der Waals surface area contributed by atoms with E-state index in [9.17, 15) is 53.1 Å². The number of hydrogen-bond acceptors (Lipinski definition) is 12. The summed E-state index contributed by atoms with van der Waals surface area (Å²) < 4.78 is 0. The molecule has 0 aromatic heterocycles. The van der Waals surface area contributed by atoms with Crippen LogP contribution in [0.5, 0.6) is 0 Å². The van der Waals surface area contributed by atoms with Gasteiger partial charge in [0.2, 0.25) is 53.2 Å². The number of carbonyl (C=O) groups excluding carboxylic acids is 9. The molecule has 1 aromatic carbocycles. The Morgan fingerprint density at radius 2 is 1.06 bits per heavy atom. The highest BCUT2D eigenvalue weighted by molar-refractivity contribution is 5.96. The molecule has 0 fully saturated rings. The lowest BCUT2D eigenvalue weighted by Gasteiger charge is -2.26. The van der Waals surface area contributed by atoms with Gasteiger partial charge in [-0.05, 0) is 56.0 Å². The van der Waals surface area contributed by atoms with Crippen LogP contribution in [0.1, 0.15) is 91.0 Å². The zero-order chi connectivity index (χ0) is 47.6. The number of nitrogens with two attached hydrogens (primary N) is 4. The van der Waals surface area contributed by atoms with Crippen molar-refractivity contribution in [2.45, 2.75) is 128 Å². The van der Waals surface area contributed by atoms with Crippen molar-refractivity contribution in [2.24, 2.45) is 34.8 Å². The maximum absolute atomic E-state index is 13.4. The summed E-state index contributed by atoms with van der Waals surface area (Å²) in [5, 5.41) is 27.0. The minimum absolute atomic E-state index is 0.00218. The van der Waals surface area contributed by atoms with Gasteiger partial charge in [-0.15, -0.1) is 0 Å². The van der Waals surface area contributed by atoms with Gasteiger partial charge >= 0.3 is 5.97 Å². The molecule has 8 atom stereocenters. The van der Waals surface area contributed by atoms with E-state index in [2.05, 4.69) is 37.2 Å². The van der Waals surface area contributed by atoms with Gasteiger partial charge in [0.05, 0.1) is 19.1 Å². The molecule has 1 rings (SSSR count). The van der Waals surface area contributed by atoms with Crippen molar-refractivity contribution in [1.82, 2.24) is 37.2 Å². The molecule has 0 aliphatic heterocycles. The Hall–Kier alpha value is -6.16. The SMILES string of the molecule is CC[C@H](C)[C@H](N)C(=O)N[C@@H](CCC(N)=O)C(=O)N[C@@H](CCC(N)=O)C(=O)NCC(=O)N[C@@H](CCCCN)C(=O)NCC(=O)N[C@H](C(=O)N[C@@H](Cc1ccccc1)C(=O)O)[C@@H](C)CC. The summed E-state index contributed by atoms with van der Waals surface area (Å²) in [6, 6.07) is 1.25. The summed E-state index contributed by atoms with van der Waals surface area (Å²) in [4.78, 5) is 127. The molecule has 0 saturated carbocycles. The van der Waals surface area contributed by atoms with Crippen LogP contribution in [-0.2, 0) is 54.4 Å². The van der Waals surface area contributed by atoms with Crippen LogP contribution in [-0.4, -0.2) is 120 Å². The summed E-state index contributed by atoms with van der Waals surface area (Å²) >= 11 is 0. The quantitative estimate of drug-likeness (QED) is 0.0332. The Balaban J connectivity index is 3.03. The number of amides is 9. The van der Waals surface area contributed by atoms with Crippen LogP contribution in [0.15, 0.2) is 30.3 Å². The van der Waals surface area contributed by atoms with Crippen LogP contribution in [0, 0.1) is 11.8 Å². The normalized spacial score (nSPS) is 14.7. The van der Waals surface area contributed by atoms with Gasteiger partial charge in [0, 0.05) is 19.3 Å². The van der Waals surface area contributed by atoms with E-state index >= 15 is 0 Å². The number of carboxylic acids is 1. The number of unbranched alkanes of at least 4 members (excludes halogenated alkanes) is 1. The molecule has 0 aliphatic rings. The largest absolute Gasteiger partial charge is 0.480 e. The van der Waals surface area contributed by atoms with Gasteiger partial charge < -0.3 is 65.3 Å². The standard InChI is InChI=1S/C41H67N11O11/c1-5-23(3)34(45)39(60)50-28(16-18-31(44)54)38(59)49-27(15-17-30(43)53)37(58)46-21-32(55)48-26(14-10-11-19-42)36(57)47-22-33(56)52-35(24(4)6-2)40(61)51-29(41(62)63)20-25-12-8-7-9-13-25/h7-9,12-13,23-24,26-29,34-35H,5-6,10-11,14-22,42,45H2,1-4H3,(H2,43,53)(H2,44,54)(H,46,58)(H,47,57)(H,48,55)(H,49,59)(H,50,60)(H,51,61)(H,52,56)(H,62,63)/t23-,24-,26-,27-,28-,29-,34-,35-/m0/s1. The predicted molar refractivity (Wildman–Crippen MR) is 230 cm³/mol. The summed E-state index contributed by atoms with van der Waals surface area (Å²) in [5.41, 5.74) is 22.8. The highest BCUT2D eigenvalue weighted by Crippen LogP contribution is 2.11. The van der Waals surface area contributed by atoms with Crippen molar-refractivity contribution >= 4 is 59.1 Å². The molecule has 0 unspecified atom stereocenters. The molecular weight excluding hydrogens is 823 g/mol. The molecule has 0 spiro atoms. The van der Waals surface area contributed by atoms with E-state index in [0.717, 1.165) is 0 Å². The van der Waals surface area contributed by atoms with Gasteiger partial charge in [-0.2, -0.15) is 0 Å². The van der Waals surface area contributed by atoms with Crippen LogP contribution in [0.25, 0.3) is 0 Å². The molecule has 0 saturated heterocycles. The summed E-state index contributed by atoms with van der Waals surface area (Å²) in [6.07, 6.45) is 0.729. The lowest BCUT2D eigenvalue weighted by molar-refractivity contribution is -0.142. The molecule has 9 amide bonds. The van der Waals surface area contributed by atoms with Gasteiger partial charge in [0.1, 0.15) is 30.2 Å². The molecule has 1 aromatic rings. The Bertz CT molecular complexity index is 1720. The van der Waals surface area contributed by atoms with Gasteiger partial charge in [0.25, 0.3) is 0 Å². The van der Waals surface area contributed by atoms with Crippen molar-refractivity contribution < 1.29 is 53.1 Å². The Labute approximate surface area is 367 Å². The number of nitrogens with one attached hydrogen (secondary N) is 7. The Kier molecular flexibility index (Phi) is 25.4. The topological polar surface area (TPSA) is 379 Å². The first-order valence-electron chi connectivity index (χ1n) is 21.1. The van der Waals surface area contributed by atoms with E-state index in [1.807, 2.05) is 6.92 Å². The smallest absolute Gasteiger partial charge is 0.326 e. The van der Waals surface area contributed by atoms with Crippen LogP contribution in [0.4, 0.5) is 0 Å². The third-order valence-corrected chi connectivity index (χ3v) is 10.3. The Morgan fingerprint density at radius 1 is 0.587 bits per heavy atom. The molecule has 22 heteroatoms. The van der Waals surface area contributed by atoms with Crippen molar-refractivity contribution in [3.05, 3.63) is 35.9 Å². The average Bonchev–Trinajstić information content (AvgIpc) is 3.25. The molecule has 16 N–H and O–H groups in total. The summed E-state index contributed by atoms with van der Waals surface area (Å²) in [6.45, 7) is 5.99. The molecule has 22 nitrogen and oxygen atoms in total. The van der Waals surface area contributed by atoms with Crippen molar-refractivity contribution in [2.75, 3.05) is 19.6 Å². The second-order valence-electron chi connectivity index (χ2n) is 15.4. The third kappa shape index (κ3) is 21.5. The fourth-order valence-electron chi connectivity index (χ4n) is 5.99. The van der Waals surface area contributed by atoms with E-state index in [1.54, 1.807) is 51.1 Å². The lowest BCUT2D eigenvalue weighted by atomic mass is 9.97. The maximum atomic E-state index is 13.4.